The maximum Gasteiger partial charge on any atom is 0.256 e. The summed E-state index contributed by atoms with van der Waals surface area (Å²) in [6.07, 6.45) is 3.00. The Kier molecular flexibility index (Phi) is 4.95. The van der Waals surface area contributed by atoms with Gasteiger partial charge in [0.2, 0.25) is 0 Å². The van der Waals surface area contributed by atoms with Gasteiger partial charge in [0, 0.05) is 16.5 Å². The van der Waals surface area contributed by atoms with Crippen LogP contribution in [0.3, 0.4) is 0 Å². The number of methoxy groups -OCH3 is 2. The first kappa shape index (κ1) is 17.3. The third kappa shape index (κ3) is 3.47. The van der Waals surface area contributed by atoms with Gasteiger partial charge in [0.15, 0.2) is 0 Å². The molecule has 130 valence electrons. The van der Waals surface area contributed by atoms with Crippen LogP contribution in [0.2, 0.25) is 0 Å². The van der Waals surface area contributed by atoms with Crippen LogP contribution in [0.4, 0.5) is 5.00 Å². The predicted molar refractivity (Wildman–Crippen MR) is 97.7 cm³/mol. The summed E-state index contributed by atoms with van der Waals surface area (Å²) in [6, 6.07) is 7.29. The van der Waals surface area contributed by atoms with Crippen LogP contribution in [0.5, 0.6) is 11.5 Å². The summed E-state index contributed by atoms with van der Waals surface area (Å²) in [5, 5.41) is 13.1. The van der Waals surface area contributed by atoms with Gasteiger partial charge >= 0.3 is 0 Å². The number of benzene rings is 1. The maximum absolute atomic E-state index is 12.7. The molecule has 5 nitrogen and oxygen atoms in total. The molecule has 1 unspecified atom stereocenters. The second kappa shape index (κ2) is 7.16. The van der Waals surface area contributed by atoms with Crippen molar-refractivity contribution in [1.82, 2.24) is 0 Å². The lowest BCUT2D eigenvalue weighted by atomic mass is 9.88. The number of nitrogens with one attached hydrogen (secondary N) is 1. The van der Waals surface area contributed by atoms with Gasteiger partial charge in [0.25, 0.3) is 5.91 Å². The van der Waals surface area contributed by atoms with E-state index < -0.39 is 0 Å². The van der Waals surface area contributed by atoms with E-state index in [0.717, 1.165) is 24.8 Å². The molecule has 1 amide bonds. The van der Waals surface area contributed by atoms with Gasteiger partial charge < -0.3 is 14.8 Å². The second-order valence-corrected chi connectivity index (χ2v) is 7.33. The zero-order valence-corrected chi connectivity index (χ0v) is 15.3. The fourth-order valence-corrected chi connectivity index (χ4v) is 4.27. The first-order chi connectivity index (χ1) is 12.0. The standard InChI is InChI=1S/C19H20N2O3S/c1-11-4-5-17-15(6-11)16(10-20)19(25-17)21-18(22)12-7-13(23-2)9-14(8-12)24-3/h7-9,11H,4-6H2,1-3H3,(H,21,22). The van der Waals surface area contributed by atoms with Crippen LogP contribution < -0.4 is 14.8 Å². The highest BCUT2D eigenvalue weighted by Crippen LogP contribution is 2.39. The van der Waals surface area contributed by atoms with Crippen LogP contribution >= 0.6 is 11.3 Å². The molecular weight excluding hydrogens is 336 g/mol. The third-order valence-corrected chi connectivity index (χ3v) is 5.67. The zero-order chi connectivity index (χ0) is 18.0. The van der Waals surface area contributed by atoms with Crippen molar-refractivity contribution in [3.05, 3.63) is 39.8 Å². The number of hydrogen-bond acceptors (Lipinski definition) is 5. The minimum absolute atomic E-state index is 0.277. The molecule has 0 radical (unpaired) electrons. The van der Waals surface area contributed by atoms with Gasteiger partial charge in [-0.3, -0.25) is 4.79 Å². The Morgan fingerprint density at radius 3 is 2.56 bits per heavy atom. The third-order valence-electron chi connectivity index (χ3n) is 4.46. The molecule has 0 saturated carbocycles. The molecule has 3 rings (SSSR count). The van der Waals surface area contributed by atoms with Crippen LogP contribution in [0, 0.1) is 17.2 Å². The Bertz CT molecular complexity index is 829. The number of thiophene rings is 1. The highest BCUT2D eigenvalue weighted by Gasteiger charge is 2.25. The summed E-state index contributed by atoms with van der Waals surface area (Å²) < 4.78 is 10.4. The Balaban J connectivity index is 1.90. The van der Waals surface area contributed by atoms with Crippen molar-refractivity contribution in [3.8, 4) is 17.6 Å². The maximum atomic E-state index is 12.7. The molecule has 0 spiro atoms. The fraction of sp³-hybridized carbons (Fsp3) is 0.368. The smallest absolute Gasteiger partial charge is 0.256 e. The van der Waals surface area contributed by atoms with Gasteiger partial charge in [-0.2, -0.15) is 5.26 Å². The van der Waals surface area contributed by atoms with Gasteiger partial charge in [-0.1, -0.05) is 6.92 Å². The molecule has 0 saturated heterocycles. The summed E-state index contributed by atoms with van der Waals surface area (Å²) in [5.41, 5.74) is 2.14. The number of carbonyl (C=O) groups excluding carboxylic acids is 1. The lowest BCUT2D eigenvalue weighted by molar-refractivity contribution is 0.102. The average molecular weight is 356 g/mol. The largest absolute Gasteiger partial charge is 0.497 e. The van der Waals surface area contributed by atoms with Gasteiger partial charge in [-0.05, 0) is 42.9 Å². The fourth-order valence-electron chi connectivity index (χ4n) is 3.08. The van der Waals surface area contributed by atoms with Crippen molar-refractivity contribution in [2.45, 2.75) is 26.2 Å². The molecule has 1 aliphatic rings. The Hall–Kier alpha value is -2.52. The van der Waals surface area contributed by atoms with Crippen molar-refractivity contribution < 1.29 is 14.3 Å². The SMILES string of the molecule is COc1cc(OC)cc(C(=O)Nc2sc3c(c2C#N)CC(C)CC3)c1. The normalized spacial score (nSPS) is 15.8. The lowest BCUT2D eigenvalue weighted by Gasteiger charge is -2.17. The van der Waals surface area contributed by atoms with Crippen LogP contribution in [0.25, 0.3) is 0 Å². The highest BCUT2D eigenvalue weighted by atomic mass is 32.1. The van der Waals surface area contributed by atoms with E-state index in [4.69, 9.17) is 9.47 Å². The minimum atomic E-state index is -0.277. The van der Waals surface area contributed by atoms with E-state index in [9.17, 15) is 10.1 Å². The second-order valence-electron chi connectivity index (χ2n) is 6.22. The molecule has 1 N–H and O–H groups in total. The van der Waals surface area contributed by atoms with Crippen molar-refractivity contribution in [1.29, 1.82) is 5.26 Å². The summed E-state index contributed by atoms with van der Waals surface area (Å²) in [7, 11) is 3.08. The topological polar surface area (TPSA) is 71.3 Å². The molecule has 6 heteroatoms. The molecule has 1 aliphatic carbocycles. The van der Waals surface area contributed by atoms with Crippen LogP contribution in [-0.4, -0.2) is 20.1 Å². The number of amides is 1. The zero-order valence-electron chi connectivity index (χ0n) is 14.5. The van der Waals surface area contributed by atoms with Crippen molar-refractivity contribution in [2.75, 3.05) is 19.5 Å². The molecule has 1 atom stereocenters. The van der Waals surface area contributed by atoms with Crippen molar-refractivity contribution >= 4 is 22.2 Å². The number of ether oxygens (including phenoxy) is 2. The van der Waals surface area contributed by atoms with Gasteiger partial charge in [-0.15, -0.1) is 11.3 Å². The Labute approximate surface area is 151 Å². The number of hydrogen-bond donors (Lipinski definition) is 1. The Morgan fingerprint density at radius 1 is 1.28 bits per heavy atom. The van der Waals surface area contributed by atoms with E-state index in [1.54, 1.807) is 32.4 Å². The lowest BCUT2D eigenvalue weighted by Crippen LogP contribution is -2.13. The molecule has 25 heavy (non-hydrogen) atoms. The molecule has 1 aromatic carbocycles. The first-order valence-corrected chi connectivity index (χ1v) is 8.96. The van der Waals surface area contributed by atoms with Crippen molar-refractivity contribution in [3.63, 3.8) is 0 Å². The van der Waals surface area contributed by atoms with Crippen LogP contribution in [0.15, 0.2) is 18.2 Å². The number of nitriles is 1. The number of aryl methyl sites for hydroxylation is 1. The molecule has 2 aromatic rings. The summed E-state index contributed by atoms with van der Waals surface area (Å²) in [5.74, 6) is 1.38. The van der Waals surface area contributed by atoms with E-state index in [-0.39, 0.29) is 5.91 Å². The van der Waals surface area contributed by atoms with Crippen LogP contribution in [0.1, 0.15) is 39.7 Å². The molecule has 0 aliphatic heterocycles. The van der Waals surface area contributed by atoms with E-state index in [1.165, 1.54) is 16.2 Å². The predicted octanol–water partition coefficient (Wildman–Crippen LogP) is 4.01. The summed E-state index contributed by atoms with van der Waals surface area (Å²) in [6.45, 7) is 2.20. The number of rotatable bonds is 4. The molecule has 0 bridgehead atoms. The summed E-state index contributed by atoms with van der Waals surface area (Å²) >= 11 is 1.51. The molecule has 1 heterocycles. The highest BCUT2D eigenvalue weighted by molar-refractivity contribution is 7.16. The van der Waals surface area contributed by atoms with E-state index >= 15 is 0 Å². The van der Waals surface area contributed by atoms with E-state index in [2.05, 4.69) is 18.3 Å². The number of nitrogens with zero attached hydrogens (tertiary/aromatic N) is 1. The van der Waals surface area contributed by atoms with Crippen LogP contribution in [-0.2, 0) is 12.8 Å². The van der Waals surface area contributed by atoms with E-state index in [0.29, 0.717) is 33.5 Å². The minimum Gasteiger partial charge on any atom is -0.497 e. The number of fused-ring (bicyclic) bond motifs is 1. The first-order valence-electron chi connectivity index (χ1n) is 8.14. The average Bonchev–Trinajstić information content (AvgIpc) is 2.97. The molecule has 0 fully saturated rings. The molecule has 1 aromatic heterocycles. The number of carbonyl (C=O) groups is 1. The quantitative estimate of drug-likeness (QED) is 0.898. The van der Waals surface area contributed by atoms with Crippen molar-refractivity contribution in [2.24, 2.45) is 5.92 Å². The van der Waals surface area contributed by atoms with Gasteiger partial charge in [-0.25, -0.2) is 0 Å². The van der Waals surface area contributed by atoms with Gasteiger partial charge in [0.05, 0.1) is 19.8 Å². The molecular formula is C19H20N2O3S. The summed E-state index contributed by atoms with van der Waals surface area (Å²) in [4.78, 5) is 13.9. The Morgan fingerprint density at radius 2 is 1.96 bits per heavy atom. The van der Waals surface area contributed by atoms with E-state index in [1.807, 2.05) is 0 Å². The number of anilines is 1. The monoisotopic (exact) mass is 356 g/mol. The van der Waals surface area contributed by atoms with Gasteiger partial charge in [0.1, 0.15) is 22.6 Å².